The van der Waals surface area contributed by atoms with Gasteiger partial charge in [0.05, 0.1) is 10.5 Å². The SMILES string of the molecule is O=[N+]([O-])c1c(C(F)F)c(C(F)(F)F)cc2c1nc(Cl)n2O. The van der Waals surface area contributed by atoms with Gasteiger partial charge in [-0.15, -0.1) is 0 Å². The molecule has 0 bridgehead atoms. The smallest absolute Gasteiger partial charge is 0.417 e. The van der Waals surface area contributed by atoms with Crippen LogP contribution in [0.15, 0.2) is 6.07 Å². The lowest BCUT2D eigenvalue weighted by molar-refractivity contribution is -0.384. The molecule has 114 valence electrons. The topological polar surface area (TPSA) is 81.2 Å². The first-order chi connectivity index (χ1) is 9.55. The van der Waals surface area contributed by atoms with E-state index in [9.17, 15) is 37.3 Å². The van der Waals surface area contributed by atoms with E-state index in [-0.39, 0.29) is 10.8 Å². The Morgan fingerprint density at radius 3 is 2.43 bits per heavy atom. The molecule has 0 radical (unpaired) electrons. The van der Waals surface area contributed by atoms with Crippen LogP contribution >= 0.6 is 11.6 Å². The van der Waals surface area contributed by atoms with E-state index in [4.69, 9.17) is 11.6 Å². The second-order valence-corrected chi connectivity index (χ2v) is 4.14. The highest BCUT2D eigenvalue weighted by molar-refractivity contribution is 6.29. The minimum absolute atomic E-state index is 0.0611. The second-order valence-electron chi connectivity index (χ2n) is 3.80. The third-order valence-corrected chi connectivity index (χ3v) is 2.85. The number of nitro groups is 1. The summed E-state index contributed by atoms with van der Waals surface area (Å²) in [5.41, 5.74) is -6.98. The fourth-order valence-electron chi connectivity index (χ4n) is 1.81. The number of hydrogen-bond donors (Lipinski definition) is 1. The van der Waals surface area contributed by atoms with E-state index in [0.717, 1.165) is 0 Å². The Morgan fingerprint density at radius 1 is 1.43 bits per heavy atom. The Labute approximate surface area is 116 Å². The maximum absolute atomic E-state index is 12.9. The van der Waals surface area contributed by atoms with Crippen LogP contribution in [0.4, 0.5) is 27.6 Å². The van der Waals surface area contributed by atoms with Crippen molar-refractivity contribution in [1.82, 2.24) is 9.71 Å². The van der Waals surface area contributed by atoms with Crippen LogP contribution in [-0.2, 0) is 6.18 Å². The van der Waals surface area contributed by atoms with Gasteiger partial charge in [0.1, 0.15) is 11.1 Å². The Hall–Kier alpha value is -2.17. The van der Waals surface area contributed by atoms with Crippen LogP contribution in [0.5, 0.6) is 0 Å². The molecule has 0 saturated carbocycles. The van der Waals surface area contributed by atoms with E-state index in [1.807, 2.05) is 0 Å². The van der Waals surface area contributed by atoms with Gasteiger partial charge >= 0.3 is 11.9 Å². The average Bonchev–Trinajstić information content (AvgIpc) is 2.61. The number of alkyl halides is 5. The predicted molar refractivity (Wildman–Crippen MR) is 58.5 cm³/mol. The lowest BCUT2D eigenvalue weighted by atomic mass is 10.0. The molecular formula is C9H3ClF5N3O3. The zero-order chi connectivity index (χ0) is 16.1. The number of fused-ring (bicyclic) bond motifs is 1. The molecule has 12 heteroatoms. The normalized spacial score (nSPS) is 12.3. The largest absolute Gasteiger partial charge is 0.425 e. The van der Waals surface area contributed by atoms with Gasteiger partial charge in [-0.05, 0) is 17.7 Å². The van der Waals surface area contributed by atoms with Gasteiger partial charge in [-0.2, -0.15) is 17.9 Å². The summed E-state index contributed by atoms with van der Waals surface area (Å²) in [5.74, 6) is 0. The van der Waals surface area contributed by atoms with Gasteiger partial charge in [0, 0.05) is 0 Å². The van der Waals surface area contributed by atoms with E-state index < -0.39 is 50.7 Å². The summed E-state index contributed by atoms with van der Waals surface area (Å²) in [4.78, 5) is 12.7. The molecule has 0 amide bonds. The molecule has 1 aromatic carbocycles. The molecule has 0 fully saturated rings. The van der Waals surface area contributed by atoms with Crippen LogP contribution in [-0.4, -0.2) is 19.8 Å². The van der Waals surface area contributed by atoms with Crippen LogP contribution in [0.1, 0.15) is 17.6 Å². The van der Waals surface area contributed by atoms with Gasteiger partial charge in [-0.1, -0.05) is 0 Å². The minimum Gasteiger partial charge on any atom is -0.425 e. The molecule has 6 nitrogen and oxygen atoms in total. The molecule has 1 heterocycles. The number of hydrogen-bond acceptors (Lipinski definition) is 4. The highest BCUT2D eigenvalue weighted by Gasteiger charge is 2.42. The lowest BCUT2D eigenvalue weighted by Crippen LogP contribution is -2.12. The van der Waals surface area contributed by atoms with E-state index in [1.54, 1.807) is 0 Å². The van der Waals surface area contributed by atoms with Gasteiger partial charge in [0.2, 0.25) is 5.28 Å². The molecule has 0 atom stereocenters. The molecule has 0 unspecified atom stereocenters. The van der Waals surface area contributed by atoms with Gasteiger partial charge in [-0.25, -0.2) is 13.8 Å². The number of nitrogens with zero attached hydrogens (tertiary/aromatic N) is 3. The summed E-state index contributed by atoms with van der Waals surface area (Å²) >= 11 is 5.34. The van der Waals surface area contributed by atoms with Crippen LogP contribution in [0.2, 0.25) is 5.28 Å². The summed E-state index contributed by atoms with van der Waals surface area (Å²) < 4.78 is 64.2. The molecule has 1 N–H and O–H groups in total. The maximum atomic E-state index is 12.9. The van der Waals surface area contributed by atoms with Crippen molar-refractivity contribution in [2.45, 2.75) is 12.6 Å². The van der Waals surface area contributed by atoms with Crippen molar-refractivity contribution in [3.63, 3.8) is 0 Å². The molecule has 0 spiro atoms. The molecule has 2 aromatic rings. The van der Waals surface area contributed by atoms with Crippen molar-refractivity contribution in [2.75, 3.05) is 0 Å². The number of benzene rings is 1. The lowest BCUT2D eigenvalue weighted by Gasteiger charge is -2.13. The number of imidazole rings is 1. The molecule has 0 saturated heterocycles. The summed E-state index contributed by atoms with van der Waals surface area (Å²) in [5, 5.41) is 19.4. The Balaban J connectivity index is 3.06. The summed E-state index contributed by atoms with van der Waals surface area (Å²) in [6.45, 7) is 0. The Morgan fingerprint density at radius 2 is 2.00 bits per heavy atom. The third-order valence-electron chi connectivity index (χ3n) is 2.61. The number of nitro benzene ring substituents is 1. The first kappa shape index (κ1) is 15.2. The van der Waals surface area contributed by atoms with Gasteiger partial charge in [0.15, 0.2) is 5.52 Å². The van der Waals surface area contributed by atoms with Crippen molar-refractivity contribution in [1.29, 1.82) is 0 Å². The van der Waals surface area contributed by atoms with Crippen molar-refractivity contribution >= 4 is 28.3 Å². The molecular weight excluding hydrogens is 329 g/mol. The molecule has 2 rings (SSSR count). The zero-order valence-corrected chi connectivity index (χ0v) is 10.3. The molecule has 1 aromatic heterocycles. The second kappa shape index (κ2) is 4.69. The fourth-order valence-corrected chi connectivity index (χ4v) is 1.99. The number of halogens is 6. The van der Waals surface area contributed by atoms with Crippen LogP contribution < -0.4 is 0 Å². The number of rotatable bonds is 2. The highest BCUT2D eigenvalue weighted by Crippen LogP contribution is 2.44. The van der Waals surface area contributed by atoms with Crippen LogP contribution in [0, 0.1) is 10.1 Å². The van der Waals surface area contributed by atoms with Gasteiger partial charge in [-0.3, -0.25) is 10.1 Å². The van der Waals surface area contributed by atoms with E-state index in [1.165, 1.54) is 0 Å². The third kappa shape index (κ3) is 2.33. The van der Waals surface area contributed by atoms with Crippen molar-refractivity contribution in [2.24, 2.45) is 0 Å². The first-order valence-corrected chi connectivity index (χ1v) is 5.37. The molecule has 0 aliphatic carbocycles. The number of aromatic nitrogens is 2. The van der Waals surface area contributed by atoms with Crippen molar-refractivity contribution in [3.8, 4) is 0 Å². The standard InChI is InChI=1S/C9H3ClF5N3O3/c10-8-16-5-3(17(8)19)1-2(9(13,14)15)4(7(11)12)6(5)18(20)21/h1,7,19H. The van der Waals surface area contributed by atoms with Crippen molar-refractivity contribution in [3.05, 3.63) is 32.6 Å². The molecule has 21 heavy (non-hydrogen) atoms. The van der Waals surface area contributed by atoms with E-state index in [0.29, 0.717) is 0 Å². The Kier molecular flexibility index (Phi) is 3.40. The van der Waals surface area contributed by atoms with Crippen LogP contribution in [0.3, 0.4) is 0 Å². The highest BCUT2D eigenvalue weighted by atomic mass is 35.5. The monoisotopic (exact) mass is 331 g/mol. The fraction of sp³-hybridized carbons (Fsp3) is 0.222. The maximum Gasteiger partial charge on any atom is 0.417 e. The van der Waals surface area contributed by atoms with E-state index >= 15 is 0 Å². The predicted octanol–water partition coefficient (Wildman–Crippen LogP) is 3.79. The molecule has 0 aliphatic rings. The van der Waals surface area contributed by atoms with Crippen molar-refractivity contribution < 1.29 is 32.1 Å². The van der Waals surface area contributed by atoms with E-state index in [2.05, 4.69) is 4.98 Å². The Bertz CT molecular complexity index is 743. The average molecular weight is 332 g/mol. The summed E-state index contributed by atoms with van der Waals surface area (Å²) in [6, 6.07) is 0.128. The molecule has 0 aliphatic heterocycles. The summed E-state index contributed by atoms with van der Waals surface area (Å²) in [7, 11) is 0. The van der Waals surface area contributed by atoms with Gasteiger partial charge in [0.25, 0.3) is 6.43 Å². The van der Waals surface area contributed by atoms with Crippen LogP contribution in [0.25, 0.3) is 11.0 Å². The van der Waals surface area contributed by atoms with Gasteiger partial charge < -0.3 is 5.21 Å². The first-order valence-electron chi connectivity index (χ1n) is 4.99. The summed E-state index contributed by atoms with van der Waals surface area (Å²) in [6.07, 6.45) is -9.06. The quantitative estimate of drug-likeness (QED) is 0.393. The zero-order valence-electron chi connectivity index (χ0n) is 9.53. The minimum atomic E-state index is -5.29.